The molecule has 1 aromatic rings. The first-order chi connectivity index (χ1) is 6.68. The van der Waals surface area contributed by atoms with Crippen LogP contribution in [0.25, 0.3) is 0 Å². The molecular weight excluding hydrogens is 176 g/mol. The molecule has 1 aliphatic rings. The Bertz CT molecular complexity index is 341. The molecule has 1 aromatic heterocycles. The average molecular weight is 192 g/mol. The highest BCUT2D eigenvalue weighted by molar-refractivity contribution is 5.98. The van der Waals surface area contributed by atoms with Crippen LogP contribution in [-0.4, -0.2) is 35.9 Å². The summed E-state index contributed by atoms with van der Waals surface area (Å²) in [5.41, 5.74) is 0.883. The van der Waals surface area contributed by atoms with Crippen LogP contribution in [0.4, 0.5) is 0 Å². The highest BCUT2D eigenvalue weighted by Gasteiger charge is 2.29. The standard InChI is InChI=1S/C11H16N2O/c1-12(2)7-5-9-8-13-6-3-4-10(13)11(9)14/h3-4,6,9H,5,7-8H2,1-2H3. The van der Waals surface area contributed by atoms with Gasteiger partial charge >= 0.3 is 0 Å². The predicted molar refractivity (Wildman–Crippen MR) is 55.4 cm³/mol. The second-order valence-electron chi connectivity index (χ2n) is 4.20. The van der Waals surface area contributed by atoms with E-state index in [9.17, 15) is 4.79 Å². The fraction of sp³-hybridized carbons (Fsp3) is 0.545. The van der Waals surface area contributed by atoms with Crippen LogP contribution >= 0.6 is 0 Å². The van der Waals surface area contributed by atoms with Crippen LogP contribution in [0.3, 0.4) is 0 Å². The third kappa shape index (κ3) is 1.60. The molecule has 0 radical (unpaired) electrons. The van der Waals surface area contributed by atoms with Crippen LogP contribution in [0.5, 0.6) is 0 Å². The molecule has 0 saturated carbocycles. The summed E-state index contributed by atoms with van der Waals surface area (Å²) in [6.07, 6.45) is 2.95. The number of rotatable bonds is 3. The van der Waals surface area contributed by atoms with Crippen molar-refractivity contribution in [2.24, 2.45) is 5.92 Å². The smallest absolute Gasteiger partial charge is 0.184 e. The van der Waals surface area contributed by atoms with Crippen molar-refractivity contribution in [2.45, 2.75) is 13.0 Å². The van der Waals surface area contributed by atoms with E-state index in [1.807, 2.05) is 32.4 Å². The van der Waals surface area contributed by atoms with Crippen molar-refractivity contribution in [1.82, 2.24) is 9.47 Å². The van der Waals surface area contributed by atoms with Crippen molar-refractivity contribution in [3.05, 3.63) is 24.0 Å². The topological polar surface area (TPSA) is 25.2 Å². The molecular formula is C11H16N2O. The molecule has 14 heavy (non-hydrogen) atoms. The van der Waals surface area contributed by atoms with Gasteiger partial charge in [0.2, 0.25) is 0 Å². The molecule has 1 atom stereocenters. The summed E-state index contributed by atoms with van der Waals surface area (Å²) in [6.45, 7) is 1.86. The van der Waals surface area contributed by atoms with E-state index in [1.54, 1.807) is 0 Å². The van der Waals surface area contributed by atoms with Crippen LogP contribution in [0, 0.1) is 5.92 Å². The van der Waals surface area contributed by atoms with Crippen molar-refractivity contribution < 1.29 is 4.79 Å². The lowest BCUT2D eigenvalue weighted by Crippen LogP contribution is -2.19. The summed E-state index contributed by atoms with van der Waals surface area (Å²) < 4.78 is 2.06. The number of carbonyl (C=O) groups excluding carboxylic acids is 1. The third-order valence-electron chi connectivity index (χ3n) is 2.79. The van der Waals surface area contributed by atoms with Crippen LogP contribution in [0.2, 0.25) is 0 Å². The van der Waals surface area contributed by atoms with E-state index < -0.39 is 0 Å². The second-order valence-corrected chi connectivity index (χ2v) is 4.20. The van der Waals surface area contributed by atoms with Crippen LogP contribution in [0.1, 0.15) is 16.9 Å². The minimum atomic E-state index is 0.202. The fourth-order valence-electron chi connectivity index (χ4n) is 1.96. The lowest BCUT2D eigenvalue weighted by molar-refractivity contribution is 0.0925. The largest absolute Gasteiger partial charge is 0.344 e. The quantitative estimate of drug-likeness (QED) is 0.720. The van der Waals surface area contributed by atoms with Crippen molar-refractivity contribution in [1.29, 1.82) is 0 Å². The highest BCUT2D eigenvalue weighted by atomic mass is 16.1. The Kier molecular flexibility index (Phi) is 2.42. The van der Waals surface area contributed by atoms with Gasteiger partial charge in [-0.2, -0.15) is 0 Å². The van der Waals surface area contributed by atoms with Crippen LogP contribution in [0.15, 0.2) is 18.3 Å². The maximum atomic E-state index is 11.8. The summed E-state index contributed by atoms with van der Waals surface area (Å²) in [5, 5.41) is 0. The molecule has 0 aliphatic carbocycles. The van der Waals surface area contributed by atoms with Gasteiger partial charge in [-0.25, -0.2) is 0 Å². The molecule has 76 valence electrons. The van der Waals surface area contributed by atoms with E-state index in [0.29, 0.717) is 5.78 Å². The minimum Gasteiger partial charge on any atom is -0.344 e. The molecule has 1 aliphatic heterocycles. The van der Waals surface area contributed by atoms with Gasteiger partial charge in [-0.3, -0.25) is 4.79 Å². The maximum absolute atomic E-state index is 11.8. The molecule has 3 heteroatoms. The van der Waals surface area contributed by atoms with E-state index in [1.165, 1.54) is 0 Å². The number of fused-ring (bicyclic) bond motifs is 1. The van der Waals surface area contributed by atoms with Gasteiger partial charge in [-0.05, 0) is 39.2 Å². The van der Waals surface area contributed by atoms with Gasteiger partial charge in [0, 0.05) is 18.7 Å². The summed E-state index contributed by atoms with van der Waals surface area (Å²) in [6, 6.07) is 3.85. The lowest BCUT2D eigenvalue weighted by Gasteiger charge is -2.12. The highest BCUT2D eigenvalue weighted by Crippen LogP contribution is 2.23. The molecule has 0 saturated heterocycles. The summed E-state index contributed by atoms with van der Waals surface area (Å²) in [5.74, 6) is 0.519. The number of Topliss-reactive ketones (excluding diaryl/α,β-unsaturated/α-hetero) is 1. The monoisotopic (exact) mass is 192 g/mol. The van der Waals surface area contributed by atoms with Gasteiger partial charge in [0.25, 0.3) is 0 Å². The zero-order valence-electron chi connectivity index (χ0n) is 8.73. The first-order valence-corrected chi connectivity index (χ1v) is 5.02. The Morgan fingerprint density at radius 2 is 2.36 bits per heavy atom. The molecule has 0 N–H and O–H groups in total. The van der Waals surface area contributed by atoms with Crippen molar-refractivity contribution >= 4 is 5.78 Å². The SMILES string of the molecule is CN(C)CCC1Cn2cccc2C1=O. The molecule has 0 amide bonds. The molecule has 2 rings (SSSR count). The van der Waals surface area contributed by atoms with E-state index >= 15 is 0 Å². The van der Waals surface area contributed by atoms with Crippen molar-refractivity contribution in [3.63, 3.8) is 0 Å². The Balaban J connectivity index is 2.00. The zero-order valence-corrected chi connectivity index (χ0v) is 8.73. The van der Waals surface area contributed by atoms with Gasteiger partial charge in [0.15, 0.2) is 5.78 Å². The number of hydrogen-bond donors (Lipinski definition) is 0. The van der Waals surface area contributed by atoms with E-state index in [0.717, 1.165) is 25.2 Å². The van der Waals surface area contributed by atoms with E-state index in [4.69, 9.17) is 0 Å². The van der Waals surface area contributed by atoms with E-state index in [-0.39, 0.29) is 5.92 Å². The fourth-order valence-corrected chi connectivity index (χ4v) is 1.96. The second kappa shape index (κ2) is 3.58. The normalized spacial score (nSPS) is 20.5. The molecule has 0 bridgehead atoms. The van der Waals surface area contributed by atoms with Crippen LogP contribution in [-0.2, 0) is 6.54 Å². The number of ketones is 1. The summed E-state index contributed by atoms with van der Waals surface area (Å²) >= 11 is 0. The first-order valence-electron chi connectivity index (χ1n) is 5.02. The van der Waals surface area contributed by atoms with Gasteiger partial charge in [-0.15, -0.1) is 0 Å². The van der Waals surface area contributed by atoms with Gasteiger partial charge in [0.1, 0.15) is 0 Å². The Hall–Kier alpha value is -1.09. The Morgan fingerprint density at radius 1 is 1.57 bits per heavy atom. The third-order valence-corrected chi connectivity index (χ3v) is 2.79. The van der Waals surface area contributed by atoms with Gasteiger partial charge < -0.3 is 9.47 Å². The van der Waals surface area contributed by atoms with Gasteiger partial charge in [0.05, 0.1) is 5.69 Å². The first kappa shape index (κ1) is 9.46. The maximum Gasteiger partial charge on any atom is 0.184 e. The summed E-state index contributed by atoms with van der Waals surface area (Å²) in [4.78, 5) is 14.0. The Labute approximate surface area is 84.3 Å². The van der Waals surface area contributed by atoms with Crippen molar-refractivity contribution in [3.8, 4) is 0 Å². The number of carbonyl (C=O) groups is 1. The van der Waals surface area contributed by atoms with Crippen molar-refractivity contribution in [2.75, 3.05) is 20.6 Å². The Morgan fingerprint density at radius 3 is 3.00 bits per heavy atom. The molecule has 1 unspecified atom stereocenters. The molecule has 0 spiro atoms. The summed E-state index contributed by atoms with van der Waals surface area (Å²) in [7, 11) is 4.08. The van der Waals surface area contributed by atoms with Crippen LogP contribution < -0.4 is 0 Å². The lowest BCUT2D eigenvalue weighted by atomic mass is 10.0. The number of nitrogens with zero attached hydrogens (tertiary/aromatic N) is 2. The molecule has 2 heterocycles. The van der Waals surface area contributed by atoms with E-state index in [2.05, 4.69) is 9.47 Å². The number of hydrogen-bond acceptors (Lipinski definition) is 2. The molecule has 3 nitrogen and oxygen atoms in total. The molecule has 0 fully saturated rings. The predicted octanol–water partition coefficient (Wildman–Crippen LogP) is 1.25. The van der Waals surface area contributed by atoms with Gasteiger partial charge in [-0.1, -0.05) is 0 Å². The average Bonchev–Trinajstić information content (AvgIpc) is 2.66. The zero-order chi connectivity index (χ0) is 10.1. The molecule has 0 aromatic carbocycles. The minimum absolute atomic E-state index is 0.202. The number of aromatic nitrogens is 1.